The molecule has 24 heavy (non-hydrogen) atoms. The number of carbonyl (C=O) groups is 1. The van der Waals surface area contributed by atoms with Gasteiger partial charge in [0.1, 0.15) is 0 Å². The van der Waals surface area contributed by atoms with Gasteiger partial charge in [0.2, 0.25) is 5.91 Å². The molecule has 3 rings (SSSR count). The van der Waals surface area contributed by atoms with Gasteiger partial charge in [-0.05, 0) is 19.8 Å². The Balaban J connectivity index is 0.00000208. The summed E-state index contributed by atoms with van der Waals surface area (Å²) in [6, 6.07) is 9.75. The molecule has 1 aliphatic rings. The van der Waals surface area contributed by atoms with E-state index in [0.29, 0.717) is 11.5 Å². The first-order valence-electron chi connectivity index (χ1n) is 8.03. The molecule has 1 aromatic carbocycles. The molecule has 1 amide bonds. The number of hydrogen-bond acceptors (Lipinski definition) is 4. The van der Waals surface area contributed by atoms with Gasteiger partial charge in [-0.1, -0.05) is 43.2 Å². The van der Waals surface area contributed by atoms with Crippen molar-refractivity contribution in [3.05, 3.63) is 42.7 Å². The summed E-state index contributed by atoms with van der Waals surface area (Å²) in [5, 5.41) is 2.90. The summed E-state index contributed by atoms with van der Waals surface area (Å²) in [5.41, 5.74) is 7.41. The maximum absolute atomic E-state index is 12.5. The number of aromatic nitrogens is 2. The summed E-state index contributed by atoms with van der Waals surface area (Å²) in [6.07, 6.45) is 7.14. The van der Waals surface area contributed by atoms with Gasteiger partial charge in [-0.25, -0.2) is 9.97 Å². The average molecular weight is 347 g/mol. The highest BCUT2D eigenvalue weighted by Crippen LogP contribution is 2.32. The number of nitrogens with one attached hydrogen (secondary N) is 1. The van der Waals surface area contributed by atoms with E-state index in [9.17, 15) is 4.79 Å². The summed E-state index contributed by atoms with van der Waals surface area (Å²) in [4.78, 5) is 21.1. The second-order valence-corrected chi connectivity index (χ2v) is 6.45. The van der Waals surface area contributed by atoms with Gasteiger partial charge in [0, 0.05) is 11.1 Å². The number of nitrogens with zero attached hydrogens (tertiary/aromatic N) is 2. The first kappa shape index (κ1) is 18.4. The number of benzene rings is 1. The third kappa shape index (κ3) is 4.10. The molecule has 0 radical (unpaired) electrons. The van der Waals surface area contributed by atoms with Gasteiger partial charge < -0.3 is 11.1 Å². The molecule has 6 heteroatoms. The molecule has 0 spiro atoms. The van der Waals surface area contributed by atoms with E-state index in [-0.39, 0.29) is 24.2 Å². The third-order valence-electron chi connectivity index (χ3n) is 4.52. The first-order chi connectivity index (χ1) is 11.1. The summed E-state index contributed by atoms with van der Waals surface area (Å²) in [5.74, 6) is 0.445. The fraction of sp³-hybridized carbons (Fsp3) is 0.389. The van der Waals surface area contributed by atoms with Gasteiger partial charge in [0.15, 0.2) is 5.82 Å². The monoisotopic (exact) mass is 346 g/mol. The number of amides is 1. The van der Waals surface area contributed by atoms with Gasteiger partial charge in [-0.3, -0.25) is 4.79 Å². The molecule has 0 bridgehead atoms. The van der Waals surface area contributed by atoms with Crippen LogP contribution in [0.25, 0.3) is 11.4 Å². The Kier molecular flexibility index (Phi) is 5.91. The van der Waals surface area contributed by atoms with Crippen molar-refractivity contribution in [3.63, 3.8) is 0 Å². The van der Waals surface area contributed by atoms with Crippen molar-refractivity contribution in [1.82, 2.24) is 9.97 Å². The van der Waals surface area contributed by atoms with Crippen LogP contribution in [-0.2, 0) is 4.79 Å². The van der Waals surface area contributed by atoms with Crippen LogP contribution in [-0.4, -0.2) is 21.4 Å². The number of rotatable bonds is 3. The Labute approximate surface area is 148 Å². The number of hydrogen-bond donors (Lipinski definition) is 2. The van der Waals surface area contributed by atoms with Crippen LogP contribution >= 0.6 is 12.4 Å². The second-order valence-electron chi connectivity index (χ2n) is 6.45. The molecule has 1 aromatic heterocycles. The molecule has 3 N–H and O–H groups in total. The second kappa shape index (κ2) is 7.73. The molecule has 2 atom stereocenters. The highest BCUT2D eigenvalue weighted by molar-refractivity contribution is 5.93. The Morgan fingerprint density at radius 2 is 1.88 bits per heavy atom. The van der Waals surface area contributed by atoms with E-state index in [1.807, 2.05) is 37.3 Å². The fourth-order valence-electron chi connectivity index (χ4n) is 3.15. The predicted molar refractivity (Wildman–Crippen MR) is 97.9 cm³/mol. The zero-order valence-electron chi connectivity index (χ0n) is 13.7. The van der Waals surface area contributed by atoms with E-state index in [1.165, 1.54) is 0 Å². The lowest BCUT2D eigenvalue weighted by atomic mass is 9.74. The highest BCUT2D eigenvalue weighted by atomic mass is 35.5. The van der Waals surface area contributed by atoms with E-state index < -0.39 is 5.54 Å². The summed E-state index contributed by atoms with van der Waals surface area (Å²) in [7, 11) is 0. The lowest BCUT2D eigenvalue weighted by Crippen LogP contribution is -2.51. The predicted octanol–water partition coefficient (Wildman–Crippen LogP) is 3.41. The van der Waals surface area contributed by atoms with Crippen molar-refractivity contribution in [3.8, 4) is 11.4 Å². The van der Waals surface area contributed by atoms with E-state index in [0.717, 1.165) is 31.2 Å². The van der Waals surface area contributed by atoms with Crippen molar-refractivity contribution in [2.75, 3.05) is 5.32 Å². The van der Waals surface area contributed by atoms with E-state index >= 15 is 0 Å². The SMILES string of the molecule is CC1(N)CCCCC1C(=O)Nc1cnc(-c2ccccc2)nc1.Cl. The van der Waals surface area contributed by atoms with Crippen molar-refractivity contribution in [2.45, 2.75) is 38.1 Å². The topological polar surface area (TPSA) is 80.9 Å². The molecule has 1 heterocycles. The van der Waals surface area contributed by atoms with Crippen LogP contribution in [0.4, 0.5) is 5.69 Å². The normalized spacial score (nSPS) is 23.2. The van der Waals surface area contributed by atoms with Crippen LogP contribution in [0.2, 0.25) is 0 Å². The third-order valence-corrected chi connectivity index (χ3v) is 4.52. The Hall–Kier alpha value is -1.98. The van der Waals surface area contributed by atoms with E-state index in [2.05, 4.69) is 15.3 Å². The van der Waals surface area contributed by atoms with Crippen LogP contribution in [0, 0.1) is 5.92 Å². The number of nitrogens with two attached hydrogens (primary N) is 1. The molecule has 1 aliphatic carbocycles. The summed E-state index contributed by atoms with van der Waals surface area (Å²) < 4.78 is 0. The molecular formula is C18H23ClN4O. The van der Waals surface area contributed by atoms with Gasteiger partial charge in [-0.15, -0.1) is 12.4 Å². The highest BCUT2D eigenvalue weighted by Gasteiger charge is 2.37. The van der Waals surface area contributed by atoms with Crippen molar-refractivity contribution >= 4 is 24.0 Å². The largest absolute Gasteiger partial charge is 0.325 e. The minimum Gasteiger partial charge on any atom is -0.325 e. The minimum atomic E-state index is -0.437. The molecule has 2 aromatic rings. The smallest absolute Gasteiger partial charge is 0.229 e. The molecule has 1 saturated carbocycles. The van der Waals surface area contributed by atoms with E-state index in [4.69, 9.17) is 5.73 Å². The van der Waals surface area contributed by atoms with Gasteiger partial charge >= 0.3 is 0 Å². The van der Waals surface area contributed by atoms with Crippen molar-refractivity contribution < 1.29 is 4.79 Å². The molecular weight excluding hydrogens is 324 g/mol. The Bertz CT molecular complexity index is 673. The number of anilines is 1. The molecule has 0 aliphatic heterocycles. The van der Waals surface area contributed by atoms with Crippen LogP contribution in [0.15, 0.2) is 42.7 Å². The lowest BCUT2D eigenvalue weighted by molar-refractivity contribution is -0.122. The Morgan fingerprint density at radius 1 is 1.21 bits per heavy atom. The molecule has 2 unspecified atom stereocenters. The standard InChI is InChI=1S/C18H22N4O.ClH/c1-18(19)10-6-5-9-15(18)17(23)22-14-11-20-16(21-12-14)13-7-3-2-4-8-13;/h2-4,7-8,11-12,15H,5-6,9-10,19H2,1H3,(H,22,23);1H. The molecule has 1 fully saturated rings. The molecule has 0 saturated heterocycles. The van der Waals surface area contributed by atoms with Crippen LogP contribution in [0.3, 0.4) is 0 Å². The van der Waals surface area contributed by atoms with Gasteiger partial charge in [0.05, 0.1) is 24.0 Å². The maximum Gasteiger partial charge on any atom is 0.229 e. The molecule has 128 valence electrons. The maximum atomic E-state index is 12.5. The van der Waals surface area contributed by atoms with Crippen LogP contribution in [0.1, 0.15) is 32.6 Å². The Morgan fingerprint density at radius 3 is 2.50 bits per heavy atom. The fourth-order valence-corrected chi connectivity index (χ4v) is 3.15. The minimum absolute atomic E-state index is 0. The summed E-state index contributed by atoms with van der Waals surface area (Å²) >= 11 is 0. The number of halogens is 1. The van der Waals surface area contributed by atoms with Crippen molar-refractivity contribution in [2.24, 2.45) is 11.7 Å². The zero-order valence-corrected chi connectivity index (χ0v) is 14.6. The van der Waals surface area contributed by atoms with Crippen LogP contribution < -0.4 is 11.1 Å². The van der Waals surface area contributed by atoms with Gasteiger partial charge in [-0.2, -0.15) is 0 Å². The number of carbonyl (C=O) groups excluding carboxylic acids is 1. The van der Waals surface area contributed by atoms with Gasteiger partial charge in [0.25, 0.3) is 0 Å². The van der Waals surface area contributed by atoms with Crippen LogP contribution in [0.5, 0.6) is 0 Å². The van der Waals surface area contributed by atoms with E-state index in [1.54, 1.807) is 12.4 Å². The zero-order chi connectivity index (χ0) is 16.3. The summed E-state index contributed by atoms with van der Waals surface area (Å²) in [6.45, 7) is 1.96. The first-order valence-corrected chi connectivity index (χ1v) is 8.03. The van der Waals surface area contributed by atoms with Crippen molar-refractivity contribution in [1.29, 1.82) is 0 Å². The quantitative estimate of drug-likeness (QED) is 0.892. The molecule has 5 nitrogen and oxygen atoms in total. The lowest BCUT2D eigenvalue weighted by Gasteiger charge is -2.37. The average Bonchev–Trinajstić information content (AvgIpc) is 2.56.